The first kappa shape index (κ1) is 10.5. The van der Waals surface area contributed by atoms with Crippen molar-refractivity contribution < 1.29 is 9.42 Å². The van der Waals surface area contributed by atoms with Gasteiger partial charge in [0.15, 0.2) is 5.82 Å². The second kappa shape index (κ2) is 4.59. The molecule has 1 amide bonds. The molecule has 1 rings (SSSR count). The van der Waals surface area contributed by atoms with Crippen LogP contribution in [-0.2, 0) is 11.2 Å². The molecule has 0 aliphatic carbocycles. The van der Waals surface area contributed by atoms with Crippen molar-refractivity contribution in [3.8, 4) is 0 Å². The summed E-state index contributed by atoms with van der Waals surface area (Å²) in [4.78, 5) is 13.3. The van der Waals surface area contributed by atoms with Gasteiger partial charge in [-0.1, -0.05) is 5.16 Å². The molecule has 1 aromatic heterocycles. The van der Waals surface area contributed by atoms with E-state index in [1.807, 2.05) is 13.8 Å². The Hall–Kier alpha value is -1.59. The SMILES string of the molecule is CCN(CC)C(=O)Cc1nonc1N. The first-order valence-electron chi connectivity index (χ1n) is 4.53. The highest BCUT2D eigenvalue weighted by Crippen LogP contribution is 2.06. The number of carbonyl (C=O) groups is 1. The Morgan fingerprint density at radius 3 is 2.50 bits per heavy atom. The smallest absolute Gasteiger partial charge is 0.228 e. The normalized spacial score (nSPS) is 10.1. The maximum absolute atomic E-state index is 11.6. The Morgan fingerprint density at radius 2 is 2.07 bits per heavy atom. The maximum atomic E-state index is 11.6. The van der Waals surface area contributed by atoms with E-state index in [2.05, 4.69) is 14.9 Å². The van der Waals surface area contributed by atoms with E-state index in [1.54, 1.807) is 4.90 Å². The van der Waals surface area contributed by atoms with Crippen molar-refractivity contribution in [2.75, 3.05) is 18.8 Å². The number of amides is 1. The summed E-state index contributed by atoms with van der Waals surface area (Å²) >= 11 is 0. The van der Waals surface area contributed by atoms with Crippen molar-refractivity contribution >= 4 is 11.7 Å². The predicted octanol–water partition coefficient (Wildman–Crippen LogP) is 0.0627. The van der Waals surface area contributed by atoms with Crippen molar-refractivity contribution in [2.45, 2.75) is 20.3 Å². The van der Waals surface area contributed by atoms with Gasteiger partial charge in [-0.25, -0.2) is 4.63 Å². The fraction of sp³-hybridized carbons (Fsp3) is 0.625. The van der Waals surface area contributed by atoms with Crippen molar-refractivity contribution in [3.63, 3.8) is 0 Å². The van der Waals surface area contributed by atoms with Crippen molar-refractivity contribution in [1.82, 2.24) is 15.2 Å². The molecule has 0 aliphatic rings. The van der Waals surface area contributed by atoms with Gasteiger partial charge in [-0.2, -0.15) is 0 Å². The number of hydrogen-bond donors (Lipinski definition) is 1. The Kier molecular flexibility index (Phi) is 3.44. The van der Waals surface area contributed by atoms with Gasteiger partial charge in [0, 0.05) is 13.1 Å². The maximum Gasteiger partial charge on any atom is 0.228 e. The van der Waals surface area contributed by atoms with Gasteiger partial charge in [-0.3, -0.25) is 4.79 Å². The van der Waals surface area contributed by atoms with Crippen LogP contribution in [0, 0.1) is 0 Å². The zero-order chi connectivity index (χ0) is 10.6. The van der Waals surface area contributed by atoms with E-state index in [4.69, 9.17) is 5.73 Å². The fourth-order valence-electron chi connectivity index (χ4n) is 1.17. The van der Waals surface area contributed by atoms with Crippen LogP contribution >= 0.6 is 0 Å². The van der Waals surface area contributed by atoms with E-state index < -0.39 is 0 Å². The third-order valence-electron chi connectivity index (χ3n) is 2.02. The molecule has 0 spiro atoms. The summed E-state index contributed by atoms with van der Waals surface area (Å²) in [6, 6.07) is 0. The molecule has 0 fully saturated rings. The fourth-order valence-corrected chi connectivity index (χ4v) is 1.17. The molecule has 2 N–H and O–H groups in total. The molecular weight excluding hydrogens is 184 g/mol. The highest BCUT2D eigenvalue weighted by atomic mass is 16.6. The van der Waals surface area contributed by atoms with Crippen LogP contribution in [0.4, 0.5) is 5.82 Å². The monoisotopic (exact) mass is 198 g/mol. The van der Waals surface area contributed by atoms with E-state index in [0.29, 0.717) is 18.8 Å². The lowest BCUT2D eigenvalue weighted by Gasteiger charge is -2.17. The van der Waals surface area contributed by atoms with Gasteiger partial charge in [0.05, 0.1) is 6.42 Å². The summed E-state index contributed by atoms with van der Waals surface area (Å²) in [6.45, 7) is 5.21. The number of nitrogens with zero attached hydrogens (tertiary/aromatic N) is 3. The predicted molar refractivity (Wildman–Crippen MR) is 50.3 cm³/mol. The number of hydrogen-bond acceptors (Lipinski definition) is 5. The van der Waals surface area contributed by atoms with Gasteiger partial charge in [0.25, 0.3) is 0 Å². The van der Waals surface area contributed by atoms with Crippen molar-refractivity contribution in [3.05, 3.63) is 5.69 Å². The van der Waals surface area contributed by atoms with Crippen LogP contribution in [0.1, 0.15) is 19.5 Å². The zero-order valence-corrected chi connectivity index (χ0v) is 8.36. The van der Waals surface area contributed by atoms with Gasteiger partial charge in [-0.15, -0.1) is 0 Å². The van der Waals surface area contributed by atoms with Crippen LogP contribution in [0.15, 0.2) is 4.63 Å². The second-order valence-corrected chi connectivity index (χ2v) is 2.84. The Balaban J connectivity index is 2.61. The molecule has 1 aromatic rings. The minimum atomic E-state index is -0.0163. The molecule has 1 heterocycles. The van der Waals surface area contributed by atoms with Crippen LogP contribution in [0.5, 0.6) is 0 Å². The summed E-state index contributed by atoms with van der Waals surface area (Å²) in [6.07, 6.45) is 0.150. The first-order chi connectivity index (χ1) is 6.69. The molecule has 6 heteroatoms. The van der Waals surface area contributed by atoms with Crippen LogP contribution < -0.4 is 5.73 Å². The molecule has 6 nitrogen and oxygen atoms in total. The third kappa shape index (κ3) is 2.21. The van der Waals surface area contributed by atoms with Crippen LogP contribution in [0.25, 0.3) is 0 Å². The average Bonchev–Trinajstić information content (AvgIpc) is 2.54. The van der Waals surface area contributed by atoms with Gasteiger partial charge in [-0.05, 0) is 19.0 Å². The highest BCUT2D eigenvalue weighted by Gasteiger charge is 2.15. The van der Waals surface area contributed by atoms with Crippen molar-refractivity contribution in [1.29, 1.82) is 0 Å². The summed E-state index contributed by atoms with van der Waals surface area (Å²) < 4.78 is 4.40. The number of rotatable bonds is 4. The molecule has 0 atom stereocenters. The average molecular weight is 198 g/mol. The van der Waals surface area contributed by atoms with Crippen LogP contribution in [0.2, 0.25) is 0 Å². The number of anilines is 1. The summed E-state index contributed by atoms with van der Waals surface area (Å²) in [5.41, 5.74) is 5.84. The van der Waals surface area contributed by atoms with Gasteiger partial charge < -0.3 is 10.6 Å². The standard InChI is InChI=1S/C8H14N4O2/c1-3-12(4-2)7(13)5-6-8(9)11-14-10-6/h3-5H2,1-2H3,(H2,9,11). The third-order valence-corrected chi connectivity index (χ3v) is 2.02. The minimum absolute atomic E-state index is 0.0163. The quantitative estimate of drug-likeness (QED) is 0.739. The lowest BCUT2D eigenvalue weighted by molar-refractivity contribution is -0.130. The van der Waals surface area contributed by atoms with E-state index >= 15 is 0 Å². The van der Waals surface area contributed by atoms with E-state index in [-0.39, 0.29) is 18.1 Å². The lowest BCUT2D eigenvalue weighted by Crippen LogP contribution is -2.32. The first-order valence-corrected chi connectivity index (χ1v) is 4.53. The Morgan fingerprint density at radius 1 is 1.43 bits per heavy atom. The molecule has 0 unspecified atom stereocenters. The largest absolute Gasteiger partial charge is 0.379 e. The second-order valence-electron chi connectivity index (χ2n) is 2.84. The number of nitrogen functional groups attached to an aromatic ring is 1. The number of carbonyl (C=O) groups excluding carboxylic acids is 1. The molecule has 0 bridgehead atoms. The van der Waals surface area contributed by atoms with Crippen LogP contribution in [-0.4, -0.2) is 34.2 Å². The van der Waals surface area contributed by atoms with Crippen LogP contribution in [0.3, 0.4) is 0 Å². The number of aromatic nitrogens is 2. The molecule has 0 radical (unpaired) electrons. The van der Waals surface area contributed by atoms with Gasteiger partial charge in [0.2, 0.25) is 5.91 Å². The topological polar surface area (TPSA) is 85.2 Å². The van der Waals surface area contributed by atoms with Crippen molar-refractivity contribution in [2.24, 2.45) is 0 Å². The Labute approximate surface area is 82.0 Å². The van der Waals surface area contributed by atoms with Gasteiger partial charge in [0.1, 0.15) is 5.69 Å². The van der Waals surface area contributed by atoms with E-state index in [0.717, 1.165) is 0 Å². The van der Waals surface area contributed by atoms with E-state index in [1.165, 1.54) is 0 Å². The molecule has 0 saturated carbocycles. The molecule has 14 heavy (non-hydrogen) atoms. The van der Waals surface area contributed by atoms with Gasteiger partial charge >= 0.3 is 0 Å². The lowest BCUT2D eigenvalue weighted by atomic mass is 10.2. The summed E-state index contributed by atoms with van der Waals surface area (Å²) in [5.74, 6) is 0.169. The highest BCUT2D eigenvalue weighted by molar-refractivity contribution is 5.79. The molecule has 78 valence electrons. The number of nitrogens with two attached hydrogens (primary N) is 1. The summed E-state index contributed by atoms with van der Waals surface area (Å²) in [5, 5.41) is 6.95. The zero-order valence-electron chi connectivity index (χ0n) is 8.36. The molecule has 0 saturated heterocycles. The minimum Gasteiger partial charge on any atom is -0.379 e. The molecule has 0 aliphatic heterocycles. The molecular formula is C8H14N4O2. The summed E-state index contributed by atoms with van der Waals surface area (Å²) in [7, 11) is 0. The number of likely N-dealkylation sites (N-methyl/N-ethyl adjacent to an activating group) is 1. The Bertz CT molecular complexity index is 306. The van der Waals surface area contributed by atoms with E-state index in [9.17, 15) is 4.79 Å². The molecule has 0 aromatic carbocycles.